The summed E-state index contributed by atoms with van der Waals surface area (Å²) in [5.41, 5.74) is -0.0649. The second-order valence-electron chi connectivity index (χ2n) is 3.58. The largest absolute Gasteiger partial charge is 0.476 e. The number of thiazole rings is 1. The first-order chi connectivity index (χ1) is 8.10. The van der Waals surface area contributed by atoms with Crippen molar-refractivity contribution in [1.82, 2.24) is 9.88 Å². The Balaban J connectivity index is 2.75. The van der Waals surface area contributed by atoms with Crippen LogP contribution in [0.4, 0.5) is 0 Å². The van der Waals surface area contributed by atoms with E-state index in [4.69, 9.17) is 5.11 Å². The van der Waals surface area contributed by atoms with Gasteiger partial charge in [0.1, 0.15) is 0 Å². The molecule has 0 saturated heterocycles. The number of carbonyl (C=O) groups excluding carboxylic acids is 1. The zero-order valence-corrected chi connectivity index (χ0v) is 10.8. The van der Waals surface area contributed by atoms with Crippen LogP contribution in [0.5, 0.6) is 0 Å². The first-order valence-electron chi connectivity index (χ1n) is 5.58. The third kappa shape index (κ3) is 3.52. The summed E-state index contributed by atoms with van der Waals surface area (Å²) in [4.78, 5) is 28.2. The van der Waals surface area contributed by atoms with Gasteiger partial charge in [-0.05, 0) is 13.3 Å². The number of hydrogen-bond donors (Lipinski definition) is 1. The van der Waals surface area contributed by atoms with Crippen molar-refractivity contribution in [2.24, 2.45) is 0 Å². The van der Waals surface area contributed by atoms with Crippen LogP contribution in [-0.4, -0.2) is 40.0 Å². The summed E-state index contributed by atoms with van der Waals surface area (Å²) >= 11 is 1.08. The van der Waals surface area contributed by atoms with E-state index in [1.165, 1.54) is 5.38 Å². The van der Waals surface area contributed by atoms with E-state index in [0.29, 0.717) is 13.1 Å². The molecule has 0 fully saturated rings. The molecule has 6 heteroatoms. The second-order valence-corrected chi connectivity index (χ2v) is 4.44. The van der Waals surface area contributed by atoms with Crippen LogP contribution in [0.3, 0.4) is 0 Å². The number of unbranched alkanes of at least 4 members (excludes halogenated alkanes) is 1. The van der Waals surface area contributed by atoms with Crippen LogP contribution < -0.4 is 0 Å². The second kappa shape index (κ2) is 6.34. The van der Waals surface area contributed by atoms with Gasteiger partial charge in [0.25, 0.3) is 5.91 Å². The van der Waals surface area contributed by atoms with Crippen molar-refractivity contribution in [2.45, 2.75) is 26.7 Å². The number of hydrogen-bond acceptors (Lipinski definition) is 4. The van der Waals surface area contributed by atoms with Crippen LogP contribution in [-0.2, 0) is 0 Å². The molecule has 1 N–H and O–H groups in total. The predicted molar refractivity (Wildman–Crippen MR) is 65.6 cm³/mol. The first kappa shape index (κ1) is 13.6. The zero-order chi connectivity index (χ0) is 12.8. The van der Waals surface area contributed by atoms with Crippen LogP contribution in [0, 0.1) is 0 Å². The van der Waals surface area contributed by atoms with Gasteiger partial charge in [-0.25, -0.2) is 9.78 Å². The van der Waals surface area contributed by atoms with Crippen LogP contribution in [0.2, 0.25) is 0 Å². The van der Waals surface area contributed by atoms with Crippen molar-refractivity contribution in [3.05, 3.63) is 16.1 Å². The Kier molecular flexibility index (Phi) is 5.09. The van der Waals surface area contributed by atoms with Crippen LogP contribution in [0.15, 0.2) is 5.38 Å². The summed E-state index contributed by atoms with van der Waals surface area (Å²) < 4.78 is 0. The minimum Gasteiger partial charge on any atom is -0.476 e. The van der Waals surface area contributed by atoms with Gasteiger partial charge in [-0.3, -0.25) is 4.79 Å². The molecule has 1 rings (SSSR count). The standard InChI is InChI=1S/C11H16N2O3S/c1-3-5-6-13(4-2)10(14)9-12-8(7-17-9)11(15)16/h7H,3-6H2,1-2H3,(H,15,16). The lowest BCUT2D eigenvalue weighted by molar-refractivity contribution is 0.0691. The fourth-order valence-electron chi connectivity index (χ4n) is 1.36. The van der Waals surface area contributed by atoms with E-state index in [-0.39, 0.29) is 16.6 Å². The molecule has 5 nitrogen and oxygen atoms in total. The number of amides is 1. The van der Waals surface area contributed by atoms with Crippen molar-refractivity contribution in [2.75, 3.05) is 13.1 Å². The molecule has 1 amide bonds. The molecule has 0 aliphatic rings. The molecule has 0 spiro atoms. The molecule has 17 heavy (non-hydrogen) atoms. The fraction of sp³-hybridized carbons (Fsp3) is 0.545. The number of carboxylic acids is 1. The van der Waals surface area contributed by atoms with Gasteiger partial charge >= 0.3 is 5.97 Å². The summed E-state index contributed by atoms with van der Waals surface area (Å²) in [6.45, 7) is 5.26. The highest BCUT2D eigenvalue weighted by Gasteiger charge is 2.19. The highest BCUT2D eigenvalue weighted by molar-refractivity contribution is 7.11. The van der Waals surface area contributed by atoms with Gasteiger partial charge in [0.05, 0.1) is 0 Å². The van der Waals surface area contributed by atoms with Gasteiger partial charge in [0, 0.05) is 18.5 Å². The average Bonchev–Trinajstić information content (AvgIpc) is 2.79. The van der Waals surface area contributed by atoms with Crippen molar-refractivity contribution in [3.8, 4) is 0 Å². The number of aromatic carboxylic acids is 1. The highest BCUT2D eigenvalue weighted by Crippen LogP contribution is 2.13. The molecule has 0 unspecified atom stereocenters. The van der Waals surface area contributed by atoms with Crippen molar-refractivity contribution >= 4 is 23.2 Å². The molecular formula is C11H16N2O3S. The molecular weight excluding hydrogens is 240 g/mol. The Bertz CT molecular complexity index is 403. The third-order valence-corrected chi connectivity index (χ3v) is 3.19. The van der Waals surface area contributed by atoms with E-state index in [0.717, 1.165) is 24.2 Å². The Morgan fingerprint density at radius 1 is 1.47 bits per heavy atom. The van der Waals surface area contributed by atoms with Crippen LogP contribution >= 0.6 is 11.3 Å². The molecule has 0 aromatic carbocycles. The van der Waals surface area contributed by atoms with E-state index in [1.54, 1.807) is 4.90 Å². The Morgan fingerprint density at radius 3 is 2.65 bits per heavy atom. The summed E-state index contributed by atoms with van der Waals surface area (Å²) in [7, 11) is 0. The number of carboxylic acid groups (broad SMARTS) is 1. The lowest BCUT2D eigenvalue weighted by Gasteiger charge is -2.18. The molecule has 1 aromatic rings. The van der Waals surface area contributed by atoms with Crippen LogP contribution in [0.1, 0.15) is 47.0 Å². The van der Waals surface area contributed by atoms with E-state index in [1.807, 2.05) is 6.92 Å². The third-order valence-electron chi connectivity index (χ3n) is 2.36. The van der Waals surface area contributed by atoms with Crippen molar-refractivity contribution in [3.63, 3.8) is 0 Å². The number of rotatable bonds is 6. The highest BCUT2D eigenvalue weighted by atomic mass is 32.1. The smallest absolute Gasteiger partial charge is 0.355 e. The molecule has 0 bridgehead atoms. The van der Waals surface area contributed by atoms with E-state index >= 15 is 0 Å². The zero-order valence-electron chi connectivity index (χ0n) is 9.97. The molecule has 1 heterocycles. The number of aromatic nitrogens is 1. The molecule has 1 aromatic heterocycles. The maximum atomic E-state index is 12.0. The topological polar surface area (TPSA) is 70.5 Å². The lowest BCUT2D eigenvalue weighted by Crippen LogP contribution is -2.31. The minimum atomic E-state index is -1.10. The van der Waals surface area contributed by atoms with Gasteiger partial charge in [-0.2, -0.15) is 0 Å². The maximum absolute atomic E-state index is 12.0. The summed E-state index contributed by atoms with van der Waals surface area (Å²) in [5.74, 6) is -1.28. The number of carbonyl (C=O) groups is 2. The number of nitrogens with zero attached hydrogens (tertiary/aromatic N) is 2. The monoisotopic (exact) mass is 256 g/mol. The first-order valence-corrected chi connectivity index (χ1v) is 6.46. The minimum absolute atomic E-state index is 0.0649. The van der Waals surface area contributed by atoms with E-state index in [9.17, 15) is 9.59 Å². The van der Waals surface area contributed by atoms with Crippen LogP contribution in [0.25, 0.3) is 0 Å². The Labute approximate surface area is 104 Å². The summed E-state index contributed by atoms with van der Waals surface area (Å²) in [6, 6.07) is 0. The normalized spacial score (nSPS) is 10.2. The summed E-state index contributed by atoms with van der Waals surface area (Å²) in [6.07, 6.45) is 1.96. The predicted octanol–water partition coefficient (Wildman–Crippen LogP) is 2.10. The molecule has 0 saturated carbocycles. The van der Waals surface area contributed by atoms with Gasteiger partial charge in [-0.15, -0.1) is 11.3 Å². The van der Waals surface area contributed by atoms with E-state index < -0.39 is 5.97 Å². The van der Waals surface area contributed by atoms with E-state index in [2.05, 4.69) is 11.9 Å². The molecule has 0 radical (unpaired) electrons. The Morgan fingerprint density at radius 2 is 2.18 bits per heavy atom. The average molecular weight is 256 g/mol. The van der Waals surface area contributed by atoms with Gasteiger partial charge in [0.15, 0.2) is 10.7 Å². The SMILES string of the molecule is CCCCN(CC)C(=O)c1nc(C(=O)O)cs1. The van der Waals surface area contributed by atoms with Crippen molar-refractivity contribution < 1.29 is 14.7 Å². The molecule has 0 aliphatic heterocycles. The maximum Gasteiger partial charge on any atom is 0.355 e. The summed E-state index contributed by atoms with van der Waals surface area (Å²) in [5, 5.41) is 10.4. The Hall–Kier alpha value is -1.43. The quantitative estimate of drug-likeness (QED) is 0.846. The van der Waals surface area contributed by atoms with Crippen molar-refractivity contribution in [1.29, 1.82) is 0 Å². The van der Waals surface area contributed by atoms with Gasteiger partial charge < -0.3 is 10.0 Å². The lowest BCUT2D eigenvalue weighted by atomic mass is 10.3. The molecule has 94 valence electrons. The fourth-order valence-corrected chi connectivity index (χ4v) is 2.12. The molecule has 0 aliphatic carbocycles. The van der Waals surface area contributed by atoms with Gasteiger partial charge in [-0.1, -0.05) is 13.3 Å². The van der Waals surface area contributed by atoms with Gasteiger partial charge in [0.2, 0.25) is 0 Å². The molecule has 0 atom stereocenters.